The van der Waals surface area contributed by atoms with Gasteiger partial charge < -0.3 is 14.8 Å². The van der Waals surface area contributed by atoms with Gasteiger partial charge in [-0.15, -0.1) is 0 Å². The second-order valence-corrected chi connectivity index (χ2v) is 6.75. The molecule has 1 spiro atoms. The summed E-state index contributed by atoms with van der Waals surface area (Å²) in [5.74, 6) is -0.140. The molecule has 2 aliphatic heterocycles. The average Bonchev–Trinajstić information content (AvgIpc) is 2.95. The Hall–Kier alpha value is -1.46. The van der Waals surface area contributed by atoms with E-state index in [2.05, 4.69) is 5.32 Å². The molecule has 1 aromatic rings. The van der Waals surface area contributed by atoms with Gasteiger partial charge in [0.05, 0.1) is 12.2 Å². The minimum absolute atomic E-state index is 0.0443. The van der Waals surface area contributed by atoms with E-state index in [0.717, 1.165) is 31.4 Å². The van der Waals surface area contributed by atoms with E-state index in [0.29, 0.717) is 19.6 Å². The summed E-state index contributed by atoms with van der Waals surface area (Å²) in [7, 11) is 0. The van der Waals surface area contributed by atoms with Crippen LogP contribution >= 0.6 is 0 Å². The van der Waals surface area contributed by atoms with E-state index in [1.807, 2.05) is 6.92 Å². The molecule has 1 aromatic carbocycles. The maximum atomic E-state index is 13.0. The smallest absolute Gasteiger partial charge is 0.220 e. The Labute approximate surface area is 136 Å². The molecular weight excluding hydrogens is 297 g/mol. The van der Waals surface area contributed by atoms with Gasteiger partial charge >= 0.3 is 0 Å². The van der Waals surface area contributed by atoms with Crippen molar-refractivity contribution in [2.75, 3.05) is 19.8 Å². The van der Waals surface area contributed by atoms with Crippen molar-refractivity contribution in [1.29, 1.82) is 0 Å². The van der Waals surface area contributed by atoms with Crippen molar-refractivity contribution in [2.24, 2.45) is 0 Å². The maximum absolute atomic E-state index is 13.0. The standard InChI is InChI=1S/C18H24FNO3/c1-13(14-2-4-15(19)5-3-14)10-17(21)20-16-6-8-23-18(11-16)7-9-22-12-18/h2-5,13,16H,6-12H2,1H3,(H,20,21)/t13-,16+,18-/m1/s1. The fraction of sp³-hybridized carbons (Fsp3) is 0.611. The molecule has 0 aromatic heterocycles. The van der Waals surface area contributed by atoms with Crippen LogP contribution in [0.3, 0.4) is 0 Å². The summed E-state index contributed by atoms with van der Waals surface area (Å²) in [4.78, 5) is 12.3. The van der Waals surface area contributed by atoms with Crippen LogP contribution in [0.2, 0.25) is 0 Å². The fourth-order valence-corrected chi connectivity index (χ4v) is 3.49. The largest absolute Gasteiger partial charge is 0.378 e. The molecule has 1 N–H and O–H groups in total. The molecule has 2 aliphatic rings. The number of rotatable bonds is 4. The van der Waals surface area contributed by atoms with Gasteiger partial charge in [0.25, 0.3) is 0 Å². The zero-order valence-corrected chi connectivity index (χ0v) is 13.5. The second kappa shape index (κ2) is 6.97. The van der Waals surface area contributed by atoms with Gasteiger partial charge in [0.2, 0.25) is 5.91 Å². The summed E-state index contributed by atoms with van der Waals surface area (Å²) in [5, 5.41) is 3.13. The molecule has 2 fully saturated rings. The number of nitrogens with one attached hydrogen (secondary N) is 1. The molecule has 0 aliphatic carbocycles. The van der Waals surface area contributed by atoms with Crippen molar-refractivity contribution in [2.45, 2.75) is 50.2 Å². The van der Waals surface area contributed by atoms with Crippen LogP contribution in [-0.4, -0.2) is 37.4 Å². The summed E-state index contributed by atoms with van der Waals surface area (Å²) < 4.78 is 24.3. The first-order valence-corrected chi connectivity index (χ1v) is 8.33. The first-order valence-electron chi connectivity index (χ1n) is 8.33. The first kappa shape index (κ1) is 16.4. The van der Waals surface area contributed by atoms with Crippen molar-refractivity contribution in [3.8, 4) is 0 Å². The third-order valence-electron chi connectivity index (χ3n) is 4.86. The van der Waals surface area contributed by atoms with Crippen LogP contribution in [0.15, 0.2) is 24.3 Å². The fourth-order valence-electron chi connectivity index (χ4n) is 3.49. The third-order valence-corrected chi connectivity index (χ3v) is 4.86. The molecule has 0 unspecified atom stereocenters. The van der Waals surface area contributed by atoms with E-state index in [1.165, 1.54) is 12.1 Å². The molecule has 1 amide bonds. The monoisotopic (exact) mass is 321 g/mol. The number of halogens is 1. The van der Waals surface area contributed by atoms with Gasteiger partial charge in [-0.05, 0) is 36.5 Å². The van der Waals surface area contributed by atoms with Crippen LogP contribution < -0.4 is 5.32 Å². The van der Waals surface area contributed by atoms with E-state index >= 15 is 0 Å². The summed E-state index contributed by atoms with van der Waals surface area (Å²) >= 11 is 0. The average molecular weight is 321 g/mol. The molecule has 3 atom stereocenters. The Bertz CT molecular complexity index is 540. The van der Waals surface area contributed by atoms with Crippen LogP contribution in [0.4, 0.5) is 4.39 Å². The number of benzene rings is 1. The van der Waals surface area contributed by atoms with E-state index in [-0.39, 0.29) is 29.3 Å². The number of ether oxygens (including phenoxy) is 2. The SMILES string of the molecule is C[C@H](CC(=O)N[C@H]1CCO[C@]2(CCOC2)C1)c1ccc(F)cc1. The van der Waals surface area contributed by atoms with Gasteiger partial charge in [0.1, 0.15) is 5.82 Å². The molecule has 0 radical (unpaired) electrons. The lowest BCUT2D eigenvalue weighted by atomic mass is 9.89. The maximum Gasteiger partial charge on any atom is 0.220 e. The normalized spacial score (nSPS) is 28.7. The molecular formula is C18H24FNO3. The van der Waals surface area contributed by atoms with Crippen LogP contribution in [0.5, 0.6) is 0 Å². The molecule has 2 saturated heterocycles. The summed E-state index contributed by atoms with van der Waals surface area (Å²) in [6.45, 7) is 4.03. The van der Waals surface area contributed by atoms with Crippen LogP contribution in [0.1, 0.15) is 44.1 Å². The van der Waals surface area contributed by atoms with Crippen molar-refractivity contribution >= 4 is 5.91 Å². The van der Waals surface area contributed by atoms with Crippen LogP contribution in [0.25, 0.3) is 0 Å². The number of carbonyl (C=O) groups excluding carboxylic acids is 1. The first-order chi connectivity index (χ1) is 11.1. The van der Waals surface area contributed by atoms with Crippen molar-refractivity contribution < 1.29 is 18.7 Å². The Balaban J connectivity index is 1.51. The van der Waals surface area contributed by atoms with Gasteiger partial charge in [-0.25, -0.2) is 4.39 Å². The van der Waals surface area contributed by atoms with Gasteiger partial charge in [-0.1, -0.05) is 19.1 Å². The second-order valence-electron chi connectivity index (χ2n) is 6.75. The highest BCUT2D eigenvalue weighted by Gasteiger charge is 2.41. The summed E-state index contributed by atoms with van der Waals surface area (Å²) in [5.41, 5.74) is 0.785. The lowest BCUT2D eigenvalue weighted by Gasteiger charge is -2.37. The summed E-state index contributed by atoms with van der Waals surface area (Å²) in [6.07, 6.45) is 2.99. The van der Waals surface area contributed by atoms with Crippen LogP contribution in [-0.2, 0) is 14.3 Å². The van der Waals surface area contributed by atoms with Crippen molar-refractivity contribution in [3.63, 3.8) is 0 Å². The van der Waals surface area contributed by atoms with E-state index in [4.69, 9.17) is 9.47 Å². The Morgan fingerprint density at radius 1 is 1.39 bits per heavy atom. The molecule has 4 nitrogen and oxygen atoms in total. The van der Waals surface area contributed by atoms with Crippen molar-refractivity contribution in [1.82, 2.24) is 5.32 Å². The minimum atomic E-state index is -0.253. The quantitative estimate of drug-likeness (QED) is 0.927. The van der Waals surface area contributed by atoms with Crippen molar-refractivity contribution in [3.05, 3.63) is 35.6 Å². The molecule has 5 heteroatoms. The molecule has 3 rings (SSSR count). The lowest BCUT2D eigenvalue weighted by Crippen LogP contribution is -2.49. The molecule has 0 bridgehead atoms. The predicted octanol–water partition coefficient (Wildman–Crippen LogP) is 2.77. The zero-order chi connectivity index (χ0) is 16.3. The predicted molar refractivity (Wildman–Crippen MR) is 84.7 cm³/mol. The van der Waals surface area contributed by atoms with E-state index in [9.17, 15) is 9.18 Å². The highest BCUT2D eigenvalue weighted by Crippen LogP contribution is 2.33. The molecule has 126 valence electrons. The van der Waals surface area contributed by atoms with Gasteiger partial charge in [0, 0.05) is 32.1 Å². The summed E-state index contributed by atoms with van der Waals surface area (Å²) in [6, 6.07) is 6.51. The number of hydrogen-bond acceptors (Lipinski definition) is 3. The third kappa shape index (κ3) is 4.09. The number of hydrogen-bond donors (Lipinski definition) is 1. The highest BCUT2D eigenvalue weighted by atomic mass is 19.1. The van der Waals surface area contributed by atoms with Gasteiger partial charge in [0.15, 0.2) is 0 Å². The van der Waals surface area contributed by atoms with Crippen LogP contribution in [0, 0.1) is 5.82 Å². The number of carbonyl (C=O) groups is 1. The van der Waals surface area contributed by atoms with Gasteiger partial charge in [-0.3, -0.25) is 4.79 Å². The van der Waals surface area contributed by atoms with E-state index < -0.39 is 0 Å². The molecule has 2 heterocycles. The lowest BCUT2D eigenvalue weighted by molar-refractivity contribution is -0.125. The number of amides is 1. The Morgan fingerprint density at radius 2 is 2.17 bits per heavy atom. The van der Waals surface area contributed by atoms with Gasteiger partial charge in [-0.2, -0.15) is 0 Å². The zero-order valence-electron chi connectivity index (χ0n) is 13.5. The van der Waals surface area contributed by atoms with E-state index in [1.54, 1.807) is 12.1 Å². The Morgan fingerprint density at radius 3 is 2.87 bits per heavy atom. The molecule has 23 heavy (non-hydrogen) atoms. The topological polar surface area (TPSA) is 47.6 Å². The highest BCUT2D eigenvalue weighted by molar-refractivity contribution is 5.77. The molecule has 0 saturated carbocycles. The minimum Gasteiger partial charge on any atom is -0.378 e. The Kier molecular flexibility index (Phi) is 4.97.